The van der Waals surface area contributed by atoms with Crippen LogP contribution in [0.15, 0.2) is 53.4 Å². The van der Waals surface area contributed by atoms with E-state index >= 15 is 0 Å². The van der Waals surface area contributed by atoms with Crippen molar-refractivity contribution in [3.05, 3.63) is 81.7 Å². The van der Waals surface area contributed by atoms with Gasteiger partial charge < -0.3 is 16.0 Å². The molecule has 7 nitrogen and oxygen atoms in total. The number of hydrogen-bond acceptors (Lipinski definition) is 5. The molecule has 3 heterocycles. The SMILES string of the molecule is CC1CCCC(N2CCC(c3c(C(F)(F)F)ccc(Cl)c3F)=CC2=O)c2cc(ccn2)C(=NC2CC2)C(=CN)NC1=O. The molecule has 2 aliphatic heterocycles. The van der Waals surface area contributed by atoms with Crippen LogP contribution < -0.4 is 11.1 Å². The molecule has 1 aromatic heterocycles. The molecule has 1 saturated carbocycles. The minimum Gasteiger partial charge on any atom is -0.403 e. The van der Waals surface area contributed by atoms with Crippen LogP contribution in [0.3, 0.4) is 0 Å². The Morgan fingerprint density at radius 1 is 1.17 bits per heavy atom. The van der Waals surface area contributed by atoms with Crippen LogP contribution in [0.5, 0.6) is 0 Å². The van der Waals surface area contributed by atoms with Crippen molar-refractivity contribution in [2.45, 2.75) is 63.7 Å². The highest BCUT2D eigenvalue weighted by molar-refractivity contribution is 6.31. The summed E-state index contributed by atoms with van der Waals surface area (Å²) < 4.78 is 56.2. The van der Waals surface area contributed by atoms with Crippen molar-refractivity contribution in [2.75, 3.05) is 6.54 Å². The number of hydrogen-bond donors (Lipinski definition) is 2. The number of rotatable bonds is 3. The third-order valence-corrected chi connectivity index (χ3v) is 8.09. The summed E-state index contributed by atoms with van der Waals surface area (Å²) in [5, 5.41) is 2.45. The first-order valence-corrected chi connectivity index (χ1v) is 14.2. The third kappa shape index (κ3) is 6.21. The Hall–Kier alpha value is -3.73. The van der Waals surface area contributed by atoms with E-state index < -0.39 is 40.1 Å². The van der Waals surface area contributed by atoms with Crippen LogP contribution in [0.25, 0.3) is 5.57 Å². The lowest BCUT2D eigenvalue weighted by atomic mass is 9.91. The second kappa shape index (κ2) is 11.9. The maximum absolute atomic E-state index is 14.9. The van der Waals surface area contributed by atoms with Gasteiger partial charge in [-0.2, -0.15) is 13.2 Å². The van der Waals surface area contributed by atoms with E-state index in [1.807, 2.05) is 0 Å². The van der Waals surface area contributed by atoms with Gasteiger partial charge in [0, 0.05) is 42.1 Å². The van der Waals surface area contributed by atoms with E-state index in [4.69, 9.17) is 22.3 Å². The van der Waals surface area contributed by atoms with Gasteiger partial charge in [-0.05, 0) is 61.9 Å². The standard InChI is InChI=1S/C30H30ClF4N5O2/c1-16-3-2-4-24(22-13-18(9-11-37-22)28(38-19-5-6-19)23(15-36)39-29(16)42)40-12-10-17(14-25(40)41)26-20(30(33,34)35)7-8-21(31)27(26)32/h7-9,11,13-16,19,24H,2-6,10,12,36H2,1H3,(H,39,42). The zero-order valence-corrected chi connectivity index (χ0v) is 23.6. The number of allylic oxidation sites excluding steroid dienone is 1. The first-order chi connectivity index (χ1) is 20.0. The average molecular weight is 604 g/mol. The van der Waals surface area contributed by atoms with Gasteiger partial charge in [-0.3, -0.25) is 19.6 Å². The Kier molecular flexibility index (Phi) is 8.41. The number of pyridine rings is 1. The molecule has 0 saturated heterocycles. The molecule has 2 bridgehead atoms. The Morgan fingerprint density at radius 3 is 2.60 bits per heavy atom. The Morgan fingerprint density at radius 2 is 1.93 bits per heavy atom. The number of fused-ring (bicyclic) bond motifs is 2. The zero-order chi connectivity index (χ0) is 30.2. The minimum absolute atomic E-state index is 0.0183. The molecule has 42 heavy (non-hydrogen) atoms. The predicted molar refractivity (Wildman–Crippen MR) is 151 cm³/mol. The van der Waals surface area contributed by atoms with Crippen molar-refractivity contribution in [1.82, 2.24) is 15.2 Å². The largest absolute Gasteiger partial charge is 0.417 e. The number of nitrogens with two attached hydrogens (primary N) is 1. The molecule has 3 N–H and O–H groups in total. The van der Waals surface area contributed by atoms with Crippen LogP contribution in [-0.4, -0.2) is 40.0 Å². The lowest BCUT2D eigenvalue weighted by molar-refractivity contribution is -0.138. The monoisotopic (exact) mass is 603 g/mol. The molecule has 2 atom stereocenters. The maximum atomic E-state index is 14.9. The second-order valence-electron chi connectivity index (χ2n) is 10.8. The van der Waals surface area contributed by atoms with Gasteiger partial charge in [0.15, 0.2) is 0 Å². The Balaban J connectivity index is 1.54. The molecule has 1 aromatic carbocycles. The van der Waals surface area contributed by atoms with Crippen LogP contribution in [0, 0.1) is 11.7 Å². The summed E-state index contributed by atoms with van der Waals surface area (Å²) in [4.78, 5) is 37.4. The number of halogens is 5. The number of carbonyl (C=O) groups excluding carboxylic acids is 2. The number of alkyl halides is 3. The number of nitrogens with zero attached hydrogens (tertiary/aromatic N) is 3. The van der Waals surface area contributed by atoms with Crippen LogP contribution in [-0.2, 0) is 15.8 Å². The summed E-state index contributed by atoms with van der Waals surface area (Å²) in [5.41, 5.74) is 6.11. The highest BCUT2D eigenvalue weighted by Gasteiger charge is 2.38. The molecule has 1 fully saturated rings. The smallest absolute Gasteiger partial charge is 0.403 e. The normalized spacial score (nSPS) is 24.2. The van der Waals surface area contributed by atoms with Crippen LogP contribution >= 0.6 is 11.6 Å². The summed E-state index contributed by atoms with van der Waals surface area (Å²) in [6.45, 7) is 1.84. The lowest BCUT2D eigenvalue weighted by Gasteiger charge is -2.35. The number of nitrogens with one attached hydrogen (secondary N) is 1. The molecule has 2 unspecified atom stereocenters. The summed E-state index contributed by atoms with van der Waals surface area (Å²) in [7, 11) is 0. The molecule has 2 amide bonds. The molecule has 2 aromatic rings. The van der Waals surface area contributed by atoms with Crippen molar-refractivity contribution in [3.8, 4) is 0 Å². The fourth-order valence-electron chi connectivity index (χ4n) is 5.37. The van der Waals surface area contributed by atoms with Gasteiger partial charge in [0.1, 0.15) is 5.82 Å². The van der Waals surface area contributed by atoms with E-state index in [-0.39, 0.29) is 36.4 Å². The van der Waals surface area contributed by atoms with E-state index in [1.165, 1.54) is 6.20 Å². The van der Waals surface area contributed by atoms with E-state index in [0.29, 0.717) is 41.9 Å². The lowest BCUT2D eigenvalue weighted by Crippen LogP contribution is -2.38. The molecule has 1 aliphatic carbocycles. The molecule has 5 rings (SSSR count). The summed E-state index contributed by atoms with van der Waals surface area (Å²) in [6, 6.07) is 4.72. The third-order valence-electron chi connectivity index (χ3n) is 7.80. The first-order valence-electron chi connectivity index (χ1n) is 13.8. The highest BCUT2D eigenvalue weighted by Crippen LogP contribution is 2.41. The Labute approximate surface area is 245 Å². The minimum atomic E-state index is -4.83. The zero-order valence-electron chi connectivity index (χ0n) is 22.8. The molecular weight excluding hydrogens is 574 g/mol. The molecule has 12 heteroatoms. The van der Waals surface area contributed by atoms with E-state index in [9.17, 15) is 27.2 Å². The number of aromatic nitrogens is 1. The first kappa shape index (κ1) is 29.8. The quantitative estimate of drug-likeness (QED) is 0.424. The Bertz CT molecular complexity index is 1500. The molecule has 0 radical (unpaired) electrons. The van der Waals surface area contributed by atoms with Crippen molar-refractivity contribution in [2.24, 2.45) is 16.6 Å². The summed E-state index contributed by atoms with van der Waals surface area (Å²) in [6.07, 6.45) is 2.50. The number of amides is 2. The summed E-state index contributed by atoms with van der Waals surface area (Å²) in [5.74, 6) is -2.33. The van der Waals surface area contributed by atoms with Crippen LogP contribution in [0.4, 0.5) is 17.6 Å². The van der Waals surface area contributed by atoms with Crippen molar-refractivity contribution < 1.29 is 27.2 Å². The van der Waals surface area contributed by atoms with Crippen molar-refractivity contribution >= 4 is 34.7 Å². The van der Waals surface area contributed by atoms with Crippen molar-refractivity contribution in [3.63, 3.8) is 0 Å². The fraction of sp³-hybridized carbons (Fsp3) is 0.400. The topological polar surface area (TPSA) is 101 Å². The highest BCUT2D eigenvalue weighted by atomic mass is 35.5. The van der Waals surface area contributed by atoms with Gasteiger partial charge in [-0.15, -0.1) is 0 Å². The van der Waals surface area contributed by atoms with Gasteiger partial charge in [0.05, 0.1) is 39.8 Å². The van der Waals surface area contributed by atoms with E-state index in [0.717, 1.165) is 31.1 Å². The van der Waals surface area contributed by atoms with Gasteiger partial charge >= 0.3 is 6.18 Å². The number of benzene rings is 1. The molecular formula is C30H30ClF4N5O2. The number of aliphatic imine (C=N–C) groups is 1. The molecule has 0 spiro atoms. The van der Waals surface area contributed by atoms with Gasteiger partial charge in [0.25, 0.3) is 0 Å². The maximum Gasteiger partial charge on any atom is 0.417 e. The predicted octanol–water partition coefficient (Wildman–Crippen LogP) is 5.94. The van der Waals surface area contributed by atoms with Gasteiger partial charge in [0.2, 0.25) is 11.8 Å². The van der Waals surface area contributed by atoms with E-state index in [1.54, 1.807) is 30.2 Å². The fourth-order valence-corrected chi connectivity index (χ4v) is 5.53. The van der Waals surface area contributed by atoms with Crippen molar-refractivity contribution in [1.29, 1.82) is 0 Å². The average Bonchev–Trinajstić information content (AvgIpc) is 3.77. The number of carbonyl (C=O) groups is 2. The van der Waals surface area contributed by atoms with Crippen LogP contribution in [0.1, 0.15) is 73.9 Å². The van der Waals surface area contributed by atoms with Gasteiger partial charge in [-0.1, -0.05) is 24.9 Å². The molecule has 222 valence electrons. The summed E-state index contributed by atoms with van der Waals surface area (Å²) >= 11 is 5.83. The van der Waals surface area contributed by atoms with E-state index in [2.05, 4.69) is 10.3 Å². The second-order valence-corrected chi connectivity index (χ2v) is 11.2. The molecule has 3 aliphatic rings. The van der Waals surface area contributed by atoms with Gasteiger partial charge in [-0.25, -0.2) is 4.39 Å². The van der Waals surface area contributed by atoms with Crippen LogP contribution in [0.2, 0.25) is 5.02 Å².